The fourth-order valence-corrected chi connectivity index (χ4v) is 3.91. The van der Waals surface area contributed by atoms with Crippen molar-refractivity contribution in [1.29, 1.82) is 0 Å². The highest BCUT2D eigenvalue weighted by Crippen LogP contribution is 2.20. The molecule has 2 aromatic rings. The molecule has 0 atom stereocenters. The summed E-state index contributed by atoms with van der Waals surface area (Å²) in [5.74, 6) is 3.24. The van der Waals surface area contributed by atoms with Gasteiger partial charge >= 0.3 is 0 Å². The molecule has 0 radical (unpaired) electrons. The van der Waals surface area contributed by atoms with Crippen LogP contribution in [0.15, 0.2) is 54.6 Å². The molecule has 0 saturated heterocycles. The van der Waals surface area contributed by atoms with Crippen LogP contribution in [0.25, 0.3) is 0 Å². The topological polar surface area (TPSA) is 29.1 Å². The van der Waals surface area contributed by atoms with Crippen molar-refractivity contribution < 1.29 is 4.79 Å². The fourth-order valence-electron chi connectivity index (χ4n) is 1.95. The van der Waals surface area contributed by atoms with E-state index in [2.05, 4.69) is 17.4 Å². The van der Waals surface area contributed by atoms with Crippen molar-refractivity contribution in [1.82, 2.24) is 5.32 Å². The van der Waals surface area contributed by atoms with E-state index in [1.165, 1.54) is 5.56 Å². The van der Waals surface area contributed by atoms with Gasteiger partial charge in [0.05, 0.1) is 5.75 Å². The normalized spacial score (nSPS) is 10.5. The van der Waals surface area contributed by atoms with Crippen LogP contribution < -0.4 is 5.32 Å². The first-order chi connectivity index (χ1) is 11.3. The van der Waals surface area contributed by atoms with Gasteiger partial charge in [-0.3, -0.25) is 4.79 Å². The van der Waals surface area contributed by atoms with E-state index in [-0.39, 0.29) is 5.91 Å². The van der Waals surface area contributed by atoms with Gasteiger partial charge in [0.1, 0.15) is 0 Å². The zero-order valence-corrected chi connectivity index (χ0v) is 15.2. The molecule has 0 bridgehead atoms. The summed E-state index contributed by atoms with van der Waals surface area (Å²) in [6, 6.07) is 18.1. The van der Waals surface area contributed by atoms with Crippen LogP contribution in [0.3, 0.4) is 0 Å². The number of carbonyl (C=O) groups excluding carboxylic acids is 1. The van der Waals surface area contributed by atoms with E-state index in [0.29, 0.717) is 12.3 Å². The molecular formula is C18H20ClNOS2. The van der Waals surface area contributed by atoms with E-state index in [1.54, 1.807) is 23.5 Å². The lowest BCUT2D eigenvalue weighted by atomic mass is 10.2. The van der Waals surface area contributed by atoms with Gasteiger partial charge in [0, 0.05) is 28.8 Å². The summed E-state index contributed by atoms with van der Waals surface area (Å²) in [5.41, 5.74) is 2.39. The van der Waals surface area contributed by atoms with Crippen LogP contribution in [0.2, 0.25) is 5.02 Å². The Morgan fingerprint density at radius 3 is 2.48 bits per heavy atom. The van der Waals surface area contributed by atoms with Crippen molar-refractivity contribution in [3.63, 3.8) is 0 Å². The molecule has 0 unspecified atom stereocenters. The summed E-state index contributed by atoms with van der Waals surface area (Å²) >= 11 is 9.53. The maximum absolute atomic E-state index is 11.8. The van der Waals surface area contributed by atoms with Crippen molar-refractivity contribution in [3.05, 3.63) is 70.7 Å². The van der Waals surface area contributed by atoms with Gasteiger partial charge in [-0.1, -0.05) is 60.1 Å². The third kappa shape index (κ3) is 7.34. The van der Waals surface area contributed by atoms with Crippen LogP contribution >= 0.6 is 35.1 Å². The molecule has 1 amide bonds. The van der Waals surface area contributed by atoms with Gasteiger partial charge in [0.2, 0.25) is 5.91 Å². The monoisotopic (exact) mass is 365 g/mol. The Morgan fingerprint density at radius 1 is 0.957 bits per heavy atom. The molecule has 2 aromatic carbocycles. The molecular weight excluding hydrogens is 346 g/mol. The molecule has 0 spiro atoms. The SMILES string of the molecule is O=C(CSCc1ccccc1)NCCSCc1ccccc1Cl. The zero-order chi connectivity index (χ0) is 16.3. The lowest BCUT2D eigenvalue weighted by molar-refractivity contribution is -0.118. The minimum absolute atomic E-state index is 0.101. The van der Waals surface area contributed by atoms with Gasteiger partial charge in [0.15, 0.2) is 0 Å². The predicted molar refractivity (Wildman–Crippen MR) is 103 cm³/mol. The van der Waals surface area contributed by atoms with E-state index in [0.717, 1.165) is 27.8 Å². The summed E-state index contributed by atoms with van der Waals surface area (Å²) in [5, 5.41) is 3.76. The summed E-state index contributed by atoms with van der Waals surface area (Å²) in [7, 11) is 0. The molecule has 0 fully saturated rings. The number of hydrogen-bond donors (Lipinski definition) is 1. The van der Waals surface area contributed by atoms with Crippen LogP contribution in [0.5, 0.6) is 0 Å². The average molecular weight is 366 g/mol. The molecule has 0 heterocycles. The van der Waals surface area contributed by atoms with Gasteiger partial charge in [-0.2, -0.15) is 11.8 Å². The van der Waals surface area contributed by atoms with Crippen molar-refractivity contribution >= 4 is 41.0 Å². The molecule has 0 aliphatic rings. The van der Waals surface area contributed by atoms with Crippen LogP contribution in [0.4, 0.5) is 0 Å². The summed E-state index contributed by atoms with van der Waals surface area (Å²) in [6.45, 7) is 0.694. The smallest absolute Gasteiger partial charge is 0.230 e. The minimum Gasteiger partial charge on any atom is -0.355 e. The second-order valence-electron chi connectivity index (χ2n) is 4.97. The average Bonchev–Trinajstić information content (AvgIpc) is 2.57. The van der Waals surface area contributed by atoms with E-state index in [9.17, 15) is 4.79 Å². The van der Waals surface area contributed by atoms with Gasteiger partial charge in [-0.05, 0) is 17.2 Å². The standard InChI is InChI=1S/C18H20ClNOS2/c19-17-9-5-4-8-16(17)13-22-11-10-20-18(21)14-23-12-15-6-2-1-3-7-15/h1-9H,10-14H2,(H,20,21). The molecule has 0 aromatic heterocycles. The number of halogens is 1. The van der Waals surface area contributed by atoms with E-state index in [4.69, 9.17) is 11.6 Å². The Hall–Kier alpha value is -1.10. The third-order valence-corrected chi connectivity index (χ3v) is 5.51. The first-order valence-electron chi connectivity index (χ1n) is 7.45. The number of rotatable bonds is 9. The molecule has 2 rings (SSSR count). The van der Waals surface area contributed by atoms with Crippen molar-refractivity contribution in [3.8, 4) is 0 Å². The van der Waals surface area contributed by atoms with Crippen molar-refractivity contribution in [2.24, 2.45) is 0 Å². The Bertz CT molecular complexity index is 607. The molecule has 0 saturated carbocycles. The number of hydrogen-bond acceptors (Lipinski definition) is 3. The second kappa shape index (κ2) is 10.6. The Balaban J connectivity index is 1.52. The zero-order valence-electron chi connectivity index (χ0n) is 12.8. The molecule has 122 valence electrons. The van der Waals surface area contributed by atoms with Crippen LogP contribution in [-0.4, -0.2) is 24.0 Å². The Kier molecular flexibility index (Phi) is 8.43. The number of carbonyl (C=O) groups is 1. The number of amides is 1. The maximum atomic E-state index is 11.8. The highest BCUT2D eigenvalue weighted by atomic mass is 35.5. The number of thioether (sulfide) groups is 2. The van der Waals surface area contributed by atoms with Gasteiger partial charge < -0.3 is 5.32 Å². The Morgan fingerprint density at radius 2 is 1.70 bits per heavy atom. The molecule has 23 heavy (non-hydrogen) atoms. The van der Waals surface area contributed by atoms with E-state index >= 15 is 0 Å². The van der Waals surface area contributed by atoms with Crippen LogP contribution in [0.1, 0.15) is 11.1 Å². The lowest BCUT2D eigenvalue weighted by Crippen LogP contribution is -2.27. The first-order valence-corrected chi connectivity index (χ1v) is 10.1. The molecule has 1 N–H and O–H groups in total. The molecule has 0 aliphatic heterocycles. The maximum Gasteiger partial charge on any atom is 0.230 e. The van der Waals surface area contributed by atoms with Gasteiger partial charge in [-0.25, -0.2) is 0 Å². The summed E-state index contributed by atoms with van der Waals surface area (Å²) in [6.07, 6.45) is 0. The minimum atomic E-state index is 0.101. The molecule has 2 nitrogen and oxygen atoms in total. The van der Waals surface area contributed by atoms with Crippen LogP contribution in [0, 0.1) is 0 Å². The second-order valence-corrected chi connectivity index (χ2v) is 7.47. The fraction of sp³-hybridized carbons (Fsp3) is 0.278. The highest BCUT2D eigenvalue weighted by molar-refractivity contribution is 7.99. The van der Waals surface area contributed by atoms with Crippen molar-refractivity contribution in [2.75, 3.05) is 18.1 Å². The van der Waals surface area contributed by atoms with Gasteiger partial charge in [0.25, 0.3) is 0 Å². The van der Waals surface area contributed by atoms with E-state index < -0.39 is 0 Å². The van der Waals surface area contributed by atoms with Crippen molar-refractivity contribution in [2.45, 2.75) is 11.5 Å². The molecule has 5 heteroatoms. The van der Waals surface area contributed by atoms with E-state index in [1.807, 2.05) is 42.5 Å². The van der Waals surface area contributed by atoms with Crippen LogP contribution in [-0.2, 0) is 16.3 Å². The quantitative estimate of drug-likeness (QED) is 0.657. The summed E-state index contributed by atoms with van der Waals surface area (Å²) in [4.78, 5) is 11.8. The number of nitrogens with one attached hydrogen (secondary N) is 1. The molecule has 0 aliphatic carbocycles. The third-order valence-electron chi connectivity index (χ3n) is 3.13. The van der Waals surface area contributed by atoms with Gasteiger partial charge in [-0.15, -0.1) is 11.8 Å². The summed E-state index contributed by atoms with van der Waals surface area (Å²) < 4.78 is 0. The lowest BCUT2D eigenvalue weighted by Gasteiger charge is -2.06. The Labute approximate surface area is 151 Å². The number of benzene rings is 2. The highest BCUT2D eigenvalue weighted by Gasteiger charge is 2.02. The largest absolute Gasteiger partial charge is 0.355 e. The predicted octanol–water partition coefficient (Wildman–Crippen LogP) is 4.62. The first kappa shape index (κ1) is 18.2.